The first-order valence-electron chi connectivity index (χ1n) is 5.57. The largest absolute Gasteiger partial charge is 0.350 e. The van der Waals surface area contributed by atoms with Crippen LogP contribution in [0.4, 0.5) is 5.95 Å². The lowest BCUT2D eigenvalue weighted by Crippen LogP contribution is -2.42. The average molecular weight is 243 g/mol. The van der Waals surface area contributed by atoms with Gasteiger partial charge in [0, 0.05) is 24.0 Å². The summed E-state index contributed by atoms with van der Waals surface area (Å²) in [5, 5.41) is 3.32. The second-order valence-corrected chi connectivity index (χ2v) is 4.22. The van der Waals surface area contributed by atoms with Crippen LogP contribution in [-0.4, -0.2) is 22.1 Å². The third kappa shape index (κ3) is 3.32. The van der Waals surface area contributed by atoms with E-state index in [9.17, 15) is 0 Å². The minimum absolute atomic E-state index is 0. The van der Waals surface area contributed by atoms with E-state index < -0.39 is 0 Å². The van der Waals surface area contributed by atoms with E-state index in [2.05, 4.69) is 15.3 Å². The SMILES string of the molecule is Cc1ccnc(NC2CCCCC2N)n1.Cl. The quantitative estimate of drug-likeness (QED) is 0.831. The highest BCUT2D eigenvalue weighted by Crippen LogP contribution is 2.19. The molecule has 1 fully saturated rings. The van der Waals surface area contributed by atoms with Gasteiger partial charge in [-0.25, -0.2) is 9.97 Å². The molecule has 1 aliphatic rings. The summed E-state index contributed by atoms with van der Waals surface area (Å²) in [5.41, 5.74) is 7.03. The van der Waals surface area contributed by atoms with Crippen molar-refractivity contribution in [2.24, 2.45) is 5.73 Å². The fraction of sp³-hybridized carbons (Fsp3) is 0.636. The van der Waals surface area contributed by atoms with Crippen LogP contribution in [0.3, 0.4) is 0 Å². The topological polar surface area (TPSA) is 63.8 Å². The van der Waals surface area contributed by atoms with Crippen LogP contribution >= 0.6 is 12.4 Å². The number of nitrogens with two attached hydrogens (primary N) is 1. The van der Waals surface area contributed by atoms with Gasteiger partial charge in [-0.2, -0.15) is 0 Å². The Morgan fingerprint density at radius 1 is 1.38 bits per heavy atom. The van der Waals surface area contributed by atoms with Crippen molar-refractivity contribution in [2.45, 2.75) is 44.7 Å². The third-order valence-corrected chi connectivity index (χ3v) is 2.93. The number of halogens is 1. The first-order valence-corrected chi connectivity index (χ1v) is 5.57. The Labute approximate surface area is 102 Å². The molecule has 0 aliphatic heterocycles. The summed E-state index contributed by atoms with van der Waals surface area (Å²) in [7, 11) is 0. The summed E-state index contributed by atoms with van der Waals surface area (Å²) < 4.78 is 0. The minimum atomic E-state index is 0. The van der Waals surface area contributed by atoms with Crippen molar-refractivity contribution in [3.05, 3.63) is 18.0 Å². The second-order valence-electron chi connectivity index (χ2n) is 4.22. The third-order valence-electron chi connectivity index (χ3n) is 2.93. The van der Waals surface area contributed by atoms with Crippen molar-refractivity contribution in [1.29, 1.82) is 0 Å². The average Bonchev–Trinajstić information content (AvgIpc) is 2.22. The van der Waals surface area contributed by atoms with Gasteiger partial charge in [0.2, 0.25) is 5.95 Å². The molecular weight excluding hydrogens is 224 g/mol. The number of anilines is 1. The van der Waals surface area contributed by atoms with Crippen molar-refractivity contribution < 1.29 is 0 Å². The van der Waals surface area contributed by atoms with Crippen LogP contribution in [0, 0.1) is 6.92 Å². The molecule has 0 bridgehead atoms. The first-order chi connectivity index (χ1) is 7.25. The van der Waals surface area contributed by atoms with E-state index in [0.29, 0.717) is 12.0 Å². The van der Waals surface area contributed by atoms with E-state index in [1.165, 1.54) is 12.8 Å². The maximum absolute atomic E-state index is 6.05. The van der Waals surface area contributed by atoms with Crippen LogP contribution in [0.25, 0.3) is 0 Å². The number of aryl methyl sites for hydroxylation is 1. The number of hydrogen-bond donors (Lipinski definition) is 2. The molecule has 2 rings (SSSR count). The first kappa shape index (κ1) is 13.2. The Balaban J connectivity index is 0.00000128. The summed E-state index contributed by atoms with van der Waals surface area (Å²) in [5.74, 6) is 0.706. The van der Waals surface area contributed by atoms with Gasteiger partial charge in [0.25, 0.3) is 0 Å². The second kappa shape index (κ2) is 6.01. The number of hydrogen-bond acceptors (Lipinski definition) is 4. The van der Waals surface area contributed by atoms with Crippen molar-refractivity contribution in [1.82, 2.24) is 9.97 Å². The molecule has 0 aromatic carbocycles. The molecule has 5 heteroatoms. The molecule has 1 aliphatic carbocycles. The summed E-state index contributed by atoms with van der Waals surface area (Å²) in [6, 6.07) is 2.47. The van der Waals surface area contributed by atoms with Gasteiger partial charge in [0.15, 0.2) is 0 Å². The van der Waals surface area contributed by atoms with E-state index in [0.717, 1.165) is 18.5 Å². The van der Waals surface area contributed by atoms with E-state index in [1.807, 2.05) is 13.0 Å². The van der Waals surface area contributed by atoms with Crippen LogP contribution in [-0.2, 0) is 0 Å². The molecule has 90 valence electrons. The molecule has 0 saturated heterocycles. The Morgan fingerprint density at radius 3 is 2.81 bits per heavy atom. The molecule has 1 aromatic heterocycles. The molecule has 1 aromatic rings. The Hall–Kier alpha value is -0.870. The molecule has 1 heterocycles. The lowest BCUT2D eigenvalue weighted by Gasteiger charge is -2.29. The van der Waals surface area contributed by atoms with E-state index in [4.69, 9.17) is 5.73 Å². The number of rotatable bonds is 2. The molecule has 0 radical (unpaired) electrons. The summed E-state index contributed by atoms with van der Waals surface area (Å²) in [4.78, 5) is 8.51. The molecule has 4 nitrogen and oxygen atoms in total. The highest BCUT2D eigenvalue weighted by molar-refractivity contribution is 5.85. The zero-order valence-electron chi connectivity index (χ0n) is 9.52. The molecule has 3 N–H and O–H groups in total. The standard InChI is InChI=1S/C11H18N4.ClH/c1-8-6-7-13-11(14-8)15-10-5-3-2-4-9(10)12;/h6-7,9-10H,2-5,12H2,1H3,(H,13,14,15);1H. The van der Waals surface area contributed by atoms with Crippen molar-refractivity contribution >= 4 is 18.4 Å². The van der Waals surface area contributed by atoms with E-state index in [1.54, 1.807) is 6.20 Å². The maximum atomic E-state index is 6.05. The van der Waals surface area contributed by atoms with Crippen LogP contribution in [0.15, 0.2) is 12.3 Å². The molecule has 2 unspecified atom stereocenters. The number of nitrogens with one attached hydrogen (secondary N) is 1. The van der Waals surface area contributed by atoms with Gasteiger partial charge in [-0.15, -0.1) is 12.4 Å². The molecular formula is C11H19ClN4. The molecule has 0 spiro atoms. The van der Waals surface area contributed by atoms with Gasteiger partial charge >= 0.3 is 0 Å². The van der Waals surface area contributed by atoms with Crippen LogP contribution < -0.4 is 11.1 Å². The fourth-order valence-corrected chi connectivity index (χ4v) is 2.02. The Bertz CT molecular complexity index is 332. The fourth-order valence-electron chi connectivity index (χ4n) is 2.02. The van der Waals surface area contributed by atoms with E-state index in [-0.39, 0.29) is 18.4 Å². The Kier molecular flexibility index (Phi) is 4.96. The highest BCUT2D eigenvalue weighted by Gasteiger charge is 2.21. The Morgan fingerprint density at radius 2 is 2.12 bits per heavy atom. The predicted octanol–water partition coefficient (Wildman–Crippen LogP) is 1.89. The number of nitrogens with zero attached hydrogens (tertiary/aromatic N) is 2. The number of aromatic nitrogens is 2. The van der Waals surface area contributed by atoms with Gasteiger partial charge in [-0.1, -0.05) is 12.8 Å². The zero-order valence-corrected chi connectivity index (χ0v) is 10.3. The molecule has 16 heavy (non-hydrogen) atoms. The van der Waals surface area contributed by atoms with E-state index >= 15 is 0 Å². The van der Waals surface area contributed by atoms with Crippen LogP contribution in [0.1, 0.15) is 31.4 Å². The molecule has 1 saturated carbocycles. The zero-order chi connectivity index (χ0) is 10.7. The summed E-state index contributed by atoms with van der Waals surface area (Å²) in [6.45, 7) is 1.97. The van der Waals surface area contributed by atoms with Crippen molar-refractivity contribution in [3.63, 3.8) is 0 Å². The van der Waals surface area contributed by atoms with Crippen LogP contribution in [0.2, 0.25) is 0 Å². The normalized spacial score (nSPS) is 24.6. The van der Waals surface area contributed by atoms with Crippen molar-refractivity contribution in [3.8, 4) is 0 Å². The predicted molar refractivity (Wildman–Crippen MR) is 67.9 cm³/mol. The highest BCUT2D eigenvalue weighted by atomic mass is 35.5. The van der Waals surface area contributed by atoms with Gasteiger partial charge in [-0.05, 0) is 25.8 Å². The lowest BCUT2D eigenvalue weighted by atomic mass is 9.91. The van der Waals surface area contributed by atoms with Gasteiger partial charge in [-0.3, -0.25) is 0 Å². The van der Waals surface area contributed by atoms with Gasteiger partial charge in [0.1, 0.15) is 0 Å². The van der Waals surface area contributed by atoms with Gasteiger partial charge in [0.05, 0.1) is 0 Å². The monoisotopic (exact) mass is 242 g/mol. The summed E-state index contributed by atoms with van der Waals surface area (Å²) in [6.07, 6.45) is 6.49. The van der Waals surface area contributed by atoms with Crippen molar-refractivity contribution in [2.75, 3.05) is 5.32 Å². The minimum Gasteiger partial charge on any atom is -0.350 e. The lowest BCUT2D eigenvalue weighted by molar-refractivity contribution is 0.402. The van der Waals surface area contributed by atoms with Gasteiger partial charge < -0.3 is 11.1 Å². The molecule has 0 amide bonds. The maximum Gasteiger partial charge on any atom is 0.223 e. The summed E-state index contributed by atoms with van der Waals surface area (Å²) >= 11 is 0. The molecule has 2 atom stereocenters. The van der Waals surface area contributed by atoms with Crippen LogP contribution in [0.5, 0.6) is 0 Å². The smallest absolute Gasteiger partial charge is 0.223 e.